The van der Waals surface area contributed by atoms with Crippen molar-refractivity contribution in [3.05, 3.63) is 0 Å². The van der Waals surface area contributed by atoms with Gasteiger partial charge in [0.05, 0.1) is 5.54 Å². The van der Waals surface area contributed by atoms with E-state index in [2.05, 4.69) is 17.1 Å². The second kappa shape index (κ2) is 5.64. The second-order valence-electron chi connectivity index (χ2n) is 4.98. The Morgan fingerprint density at radius 1 is 1.56 bits per heavy atom. The van der Waals surface area contributed by atoms with Crippen LogP contribution in [-0.4, -0.2) is 42.0 Å². The Balaban J connectivity index is 2.45. The molecular weight excluding hydrogens is 202 g/mol. The summed E-state index contributed by atoms with van der Waals surface area (Å²) in [4.78, 5) is 14.3. The first-order chi connectivity index (χ1) is 7.49. The summed E-state index contributed by atoms with van der Waals surface area (Å²) < 4.78 is 0. The smallest absolute Gasteiger partial charge is 0.240 e. The van der Waals surface area contributed by atoms with Crippen LogP contribution >= 0.6 is 0 Å². The molecule has 2 unspecified atom stereocenters. The van der Waals surface area contributed by atoms with E-state index in [0.29, 0.717) is 6.42 Å². The van der Waals surface area contributed by atoms with E-state index in [4.69, 9.17) is 5.73 Å². The summed E-state index contributed by atoms with van der Waals surface area (Å²) in [5.74, 6) is -0.0158. The van der Waals surface area contributed by atoms with Crippen LogP contribution in [0.2, 0.25) is 0 Å². The SMILES string of the molecule is CCN1CCCC(NC(=O)C(C)(N)CC)C1. The predicted molar refractivity (Wildman–Crippen MR) is 66.2 cm³/mol. The lowest BCUT2D eigenvalue weighted by molar-refractivity contribution is -0.127. The number of carbonyl (C=O) groups is 1. The van der Waals surface area contributed by atoms with Gasteiger partial charge in [-0.15, -0.1) is 0 Å². The van der Waals surface area contributed by atoms with Crippen LogP contribution in [0, 0.1) is 0 Å². The lowest BCUT2D eigenvalue weighted by Crippen LogP contribution is -2.56. The van der Waals surface area contributed by atoms with Crippen molar-refractivity contribution in [1.82, 2.24) is 10.2 Å². The summed E-state index contributed by atoms with van der Waals surface area (Å²) in [6.07, 6.45) is 2.90. The van der Waals surface area contributed by atoms with Crippen LogP contribution < -0.4 is 11.1 Å². The van der Waals surface area contributed by atoms with Crippen molar-refractivity contribution in [3.63, 3.8) is 0 Å². The Kier molecular flexibility index (Phi) is 4.74. The molecule has 1 amide bonds. The third kappa shape index (κ3) is 3.46. The van der Waals surface area contributed by atoms with Gasteiger partial charge in [0.15, 0.2) is 0 Å². The van der Waals surface area contributed by atoms with Gasteiger partial charge in [0.1, 0.15) is 0 Å². The highest BCUT2D eigenvalue weighted by atomic mass is 16.2. The fraction of sp³-hybridized carbons (Fsp3) is 0.917. The molecule has 94 valence electrons. The van der Waals surface area contributed by atoms with Crippen LogP contribution in [0.25, 0.3) is 0 Å². The van der Waals surface area contributed by atoms with Crippen LogP contribution in [0.15, 0.2) is 0 Å². The topological polar surface area (TPSA) is 58.4 Å². The number of likely N-dealkylation sites (N-methyl/N-ethyl adjacent to an activating group) is 1. The molecule has 0 bridgehead atoms. The van der Waals surface area contributed by atoms with Crippen LogP contribution in [0.5, 0.6) is 0 Å². The van der Waals surface area contributed by atoms with Gasteiger partial charge < -0.3 is 16.0 Å². The molecule has 0 aliphatic carbocycles. The number of likely N-dealkylation sites (tertiary alicyclic amines) is 1. The van der Waals surface area contributed by atoms with Crippen molar-refractivity contribution in [1.29, 1.82) is 0 Å². The van der Waals surface area contributed by atoms with Crippen LogP contribution in [0.3, 0.4) is 0 Å². The predicted octanol–water partition coefficient (Wildman–Crippen LogP) is 0.714. The zero-order valence-electron chi connectivity index (χ0n) is 10.8. The molecule has 1 aliphatic rings. The molecule has 1 rings (SSSR count). The zero-order valence-corrected chi connectivity index (χ0v) is 10.8. The van der Waals surface area contributed by atoms with Gasteiger partial charge in [0.2, 0.25) is 5.91 Å². The van der Waals surface area contributed by atoms with Crippen LogP contribution in [0.1, 0.15) is 40.0 Å². The molecule has 0 radical (unpaired) electrons. The van der Waals surface area contributed by atoms with E-state index in [9.17, 15) is 4.79 Å². The summed E-state index contributed by atoms with van der Waals surface area (Å²) in [6, 6.07) is 0.274. The van der Waals surface area contributed by atoms with Gasteiger partial charge in [-0.05, 0) is 39.3 Å². The number of nitrogens with two attached hydrogens (primary N) is 1. The molecule has 3 N–H and O–H groups in total. The highest BCUT2D eigenvalue weighted by Crippen LogP contribution is 2.11. The number of hydrogen-bond donors (Lipinski definition) is 2. The van der Waals surface area contributed by atoms with Crippen LogP contribution in [-0.2, 0) is 4.79 Å². The first kappa shape index (κ1) is 13.5. The fourth-order valence-electron chi connectivity index (χ4n) is 1.97. The van der Waals surface area contributed by atoms with Gasteiger partial charge in [-0.2, -0.15) is 0 Å². The van der Waals surface area contributed by atoms with E-state index < -0.39 is 5.54 Å². The summed E-state index contributed by atoms with van der Waals surface area (Å²) >= 11 is 0. The van der Waals surface area contributed by atoms with E-state index in [0.717, 1.165) is 32.5 Å². The zero-order chi connectivity index (χ0) is 12.2. The Bertz CT molecular complexity index is 240. The monoisotopic (exact) mass is 227 g/mol. The molecule has 1 aliphatic heterocycles. The Hall–Kier alpha value is -0.610. The summed E-state index contributed by atoms with van der Waals surface area (Å²) in [6.45, 7) is 9.06. The quantitative estimate of drug-likeness (QED) is 0.744. The molecule has 16 heavy (non-hydrogen) atoms. The highest BCUT2D eigenvalue weighted by Gasteiger charge is 2.29. The maximum atomic E-state index is 11.9. The molecule has 0 aromatic carbocycles. The maximum Gasteiger partial charge on any atom is 0.240 e. The minimum Gasteiger partial charge on any atom is -0.350 e. The van der Waals surface area contributed by atoms with Crippen molar-refractivity contribution in [2.75, 3.05) is 19.6 Å². The van der Waals surface area contributed by atoms with Crippen LogP contribution in [0.4, 0.5) is 0 Å². The highest BCUT2D eigenvalue weighted by molar-refractivity contribution is 5.85. The number of carbonyl (C=O) groups excluding carboxylic acids is 1. The lowest BCUT2D eigenvalue weighted by atomic mass is 9.97. The van der Waals surface area contributed by atoms with Crippen molar-refractivity contribution < 1.29 is 4.79 Å². The van der Waals surface area contributed by atoms with E-state index in [1.54, 1.807) is 6.92 Å². The largest absolute Gasteiger partial charge is 0.350 e. The third-order valence-corrected chi connectivity index (χ3v) is 3.54. The summed E-state index contributed by atoms with van der Waals surface area (Å²) in [7, 11) is 0. The number of nitrogens with zero attached hydrogens (tertiary/aromatic N) is 1. The van der Waals surface area contributed by atoms with Crippen molar-refractivity contribution in [2.24, 2.45) is 5.73 Å². The first-order valence-electron chi connectivity index (χ1n) is 6.31. The molecule has 0 aromatic rings. The van der Waals surface area contributed by atoms with Gasteiger partial charge in [-0.1, -0.05) is 13.8 Å². The van der Waals surface area contributed by atoms with Gasteiger partial charge in [-0.25, -0.2) is 0 Å². The van der Waals surface area contributed by atoms with Gasteiger partial charge in [0.25, 0.3) is 0 Å². The molecule has 4 nitrogen and oxygen atoms in total. The molecule has 1 fully saturated rings. The average Bonchev–Trinajstić information content (AvgIpc) is 2.29. The number of amides is 1. The molecule has 0 saturated carbocycles. The number of nitrogens with one attached hydrogen (secondary N) is 1. The standard InChI is InChI=1S/C12H25N3O/c1-4-12(3,13)11(16)14-10-7-6-8-15(5-2)9-10/h10H,4-9,13H2,1-3H3,(H,14,16). The van der Waals surface area contributed by atoms with E-state index >= 15 is 0 Å². The van der Waals surface area contributed by atoms with E-state index in [1.807, 2.05) is 6.92 Å². The third-order valence-electron chi connectivity index (χ3n) is 3.54. The van der Waals surface area contributed by atoms with Crippen molar-refractivity contribution in [3.8, 4) is 0 Å². The molecule has 4 heteroatoms. The molecule has 1 saturated heterocycles. The molecular formula is C12H25N3O. The average molecular weight is 227 g/mol. The summed E-state index contributed by atoms with van der Waals surface area (Å²) in [5.41, 5.74) is 5.19. The second-order valence-corrected chi connectivity index (χ2v) is 4.98. The van der Waals surface area contributed by atoms with Crippen molar-refractivity contribution >= 4 is 5.91 Å². The lowest BCUT2D eigenvalue weighted by Gasteiger charge is -2.34. The van der Waals surface area contributed by atoms with E-state index in [1.165, 1.54) is 0 Å². The van der Waals surface area contributed by atoms with Gasteiger partial charge in [-0.3, -0.25) is 4.79 Å². The number of hydrogen-bond acceptors (Lipinski definition) is 3. The van der Waals surface area contributed by atoms with E-state index in [-0.39, 0.29) is 11.9 Å². The first-order valence-corrected chi connectivity index (χ1v) is 6.31. The number of piperidine rings is 1. The maximum absolute atomic E-state index is 11.9. The van der Waals surface area contributed by atoms with Gasteiger partial charge >= 0.3 is 0 Å². The Labute approximate surface area is 98.6 Å². The molecule has 0 spiro atoms. The normalized spacial score (nSPS) is 26.1. The molecule has 2 atom stereocenters. The fourth-order valence-corrected chi connectivity index (χ4v) is 1.97. The van der Waals surface area contributed by atoms with Gasteiger partial charge in [0, 0.05) is 12.6 Å². The number of rotatable bonds is 4. The molecule has 1 heterocycles. The minimum absolute atomic E-state index is 0.0158. The Morgan fingerprint density at radius 2 is 2.25 bits per heavy atom. The minimum atomic E-state index is -0.728. The Morgan fingerprint density at radius 3 is 2.81 bits per heavy atom. The summed E-state index contributed by atoms with van der Waals surface area (Å²) in [5, 5.41) is 3.07. The van der Waals surface area contributed by atoms with Crippen molar-refractivity contribution in [2.45, 2.75) is 51.6 Å². The molecule has 0 aromatic heterocycles.